The number of hydrogen-bond acceptors (Lipinski definition) is 10. The number of rotatable bonds is 7. The zero-order valence-electron chi connectivity index (χ0n) is 36.3. The van der Waals surface area contributed by atoms with Crippen molar-refractivity contribution in [1.82, 2.24) is 39.5 Å². The monoisotopic (exact) mass is 894 g/mol. The Labute approximate surface area is 374 Å². The van der Waals surface area contributed by atoms with Gasteiger partial charge in [0.05, 0.1) is 18.0 Å². The molecule has 2 atom stereocenters. The van der Waals surface area contributed by atoms with Gasteiger partial charge in [-0.1, -0.05) is 55.8 Å². The highest BCUT2D eigenvalue weighted by Gasteiger charge is 2.43. The zero-order chi connectivity index (χ0) is 45.3. The van der Waals surface area contributed by atoms with Gasteiger partial charge < -0.3 is 24.6 Å². The minimum absolute atomic E-state index is 0.118. The van der Waals surface area contributed by atoms with Crippen LogP contribution in [0, 0.1) is 6.92 Å². The van der Waals surface area contributed by atoms with E-state index in [9.17, 15) is 22.8 Å². The summed E-state index contributed by atoms with van der Waals surface area (Å²) in [5.74, 6) is 3.83. The number of alkyl halides is 3. The summed E-state index contributed by atoms with van der Waals surface area (Å²) in [7, 11) is 3.60. The number of anilines is 4. The van der Waals surface area contributed by atoms with Crippen molar-refractivity contribution in [2.45, 2.75) is 102 Å². The molecule has 2 saturated carbocycles. The number of amides is 2. The highest BCUT2D eigenvalue weighted by molar-refractivity contribution is 6.28. The standard InChI is InChI=1S/C23H26N6O.C13H17ClN4O.C10H7F3N2/c1-4-18-22(30)27(3)19-14-25-23(26-21(19)29(18)17-6-5-7-17)28-13-12-24-20(28)16-10-8-15(2)9-11-16;1-3-9-12(19)17(2)10-7-15-13(14)16-11(10)18(9)8-5-4-6-8;11-10(12,13)8-3-1-7(2-4-8)9-14-5-6-15-9/h8-14,17-18H,4-7H2,1-3H3;7-9H,3-6H2,1-2H3;1-6H,(H,14,15)/t18-;9-;/m11./s1. The number of carbonyl (C=O) groups is 2. The molecule has 64 heavy (non-hydrogen) atoms. The summed E-state index contributed by atoms with van der Waals surface area (Å²) < 4.78 is 38.6. The molecule has 0 unspecified atom stereocenters. The summed E-state index contributed by atoms with van der Waals surface area (Å²) in [6.07, 6.45) is 14.4. The molecule has 6 aromatic rings. The van der Waals surface area contributed by atoms with Gasteiger partial charge in [-0.15, -0.1) is 0 Å². The molecule has 2 amide bonds. The molecular formula is C46H50ClF3N12O2. The third-order valence-electron chi connectivity index (χ3n) is 12.4. The van der Waals surface area contributed by atoms with E-state index in [4.69, 9.17) is 16.6 Å². The van der Waals surface area contributed by atoms with Gasteiger partial charge in [0, 0.05) is 62.1 Å². The van der Waals surface area contributed by atoms with Crippen LogP contribution in [-0.2, 0) is 15.8 Å². The van der Waals surface area contributed by atoms with E-state index < -0.39 is 11.7 Å². The lowest BCUT2D eigenvalue weighted by Gasteiger charge is -2.47. The molecule has 10 rings (SSSR count). The largest absolute Gasteiger partial charge is 0.416 e. The van der Waals surface area contributed by atoms with Crippen molar-refractivity contribution in [3.8, 4) is 28.7 Å². The molecule has 0 radical (unpaired) electrons. The van der Waals surface area contributed by atoms with Crippen molar-refractivity contribution in [1.29, 1.82) is 0 Å². The number of imidazole rings is 2. The number of carbonyl (C=O) groups excluding carboxylic acids is 2. The Morgan fingerprint density at radius 1 is 0.719 bits per heavy atom. The Balaban J connectivity index is 0.000000141. The normalized spacial score (nSPS) is 18.6. The highest BCUT2D eigenvalue weighted by Crippen LogP contribution is 2.42. The second kappa shape index (κ2) is 18.4. The second-order valence-corrected chi connectivity index (χ2v) is 16.7. The predicted octanol–water partition coefficient (Wildman–Crippen LogP) is 9.09. The van der Waals surface area contributed by atoms with Crippen LogP contribution in [-0.4, -0.2) is 89.5 Å². The maximum Gasteiger partial charge on any atom is 0.416 e. The van der Waals surface area contributed by atoms with Crippen molar-refractivity contribution >= 4 is 46.4 Å². The number of aromatic nitrogens is 8. The van der Waals surface area contributed by atoms with E-state index in [1.807, 2.05) is 24.7 Å². The minimum atomic E-state index is -4.29. The number of aryl methyl sites for hydroxylation is 1. The number of likely N-dealkylation sites (N-methyl/N-ethyl adjacent to an activating group) is 2. The van der Waals surface area contributed by atoms with Gasteiger partial charge in [0.15, 0.2) is 11.6 Å². The van der Waals surface area contributed by atoms with Gasteiger partial charge in [0.25, 0.3) is 0 Å². The molecule has 2 fully saturated rings. The second-order valence-electron chi connectivity index (χ2n) is 16.4. The van der Waals surface area contributed by atoms with Crippen LogP contribution in [0.15, 0.2) is 85.7 Å². The van der Waals surface area contributed by atoms with Gasteiger partial charge in [-0.3, -0.25) is 14.2 Å². The molecule has 4 aliphatic rings. The minimum Gasteiger partial charge on any atom is -0.345 e. The van der Waals surface area contributed by atoms with E-state index in [0.29, 0.717) is 29.4 Å². The van der Waals surface area contributed by atoms with Crippen molar-refractivity contribution in [3.63, 3.8) is 0 Å². The number of nitrogens with zero attached hydrogens (tertiary/aromatic N) is 11. The average Bonchev–Trinajstić information content (AvgIpc) is 3.98. The van der Waals surface area contributed by atoms with Crippen LogP contribution < -0.4 is 19.6 Å². The van der Waals surface area contributed by atoms with Gasteiger partial charge >= 0.3 is 6.18 Å². The molecule has 2 aromatic carbocycles. The van der Waals surface area contributed by atoms with E-state index in [1.54, 1.807) is 47.8 Å². The Bertz CT molecular complexity index is 2580. The van der Waals surface area contributed by atoms with Crippen molar-refractivity contribution in [2.75, 3.05) is 33.7 Å². The first-order valence-corrected chi connectivity index (χ1v) is 22.0. The Morgan fingerprint density at radius 3 is 1.77 bits per heavy atom. The van der Waals surface area contributed by atoms with Gasteiger partial charge in [0.1, 0.15) is 35.1 Å². The fourth-order valence-electron chi connectivity index (χ4n) is 8.44. The van der Waals surface area contributed by atoms with E-state index >= 15 is 0 Å². The van der Waals surface area contributed by atoms with E-state index in [1.165, 1.54) is 30.5 Å². The van der Waals surface area contributed by atoms with Crippen molar-refractivity contribution in [3.05, 3.63) is 102 Å². The summed E-state index contributed by atoms with van der Waals surface area (Å²) in [5, 5.41) is 0.237. The fourth-order valence-corrected chi connectivity index (χ4v) is 8.57. The van der Waals surface area contributed by atoms with E-state index in [2.05, 4.69) is 77.8 Å². The Morgan fingerprint density at radius 2 is 1.27 bits per heavy atom. The van der Waals surface area contributed by atoms with Gasteiger partial charge in [-0.05, 0) is 82.0 Å². The topological polar surface area (TPSA) is 145 Å². The lowest BCUT2D eigenvalue weighted by molar-refractivity contribution is -0.137. The smallest absolute Gasteiger partial charge is 0.345 e. The SMILES string of the molecule is CC[C@@H]1C(=O)N(C)c2cnc(-n3ccnc3-c3ccc(C)cc3)nc2N1C1CCC1.CC[C@@H]1C(=O)N(C)c2cnc(Cl)nc2N1C1CCC1.FC(F)(F)c1ccc(-c2ncc[nH]2)cc1. The highest BCUT2D eigenvalue weighted by atomic mass is 35.5. The van der Waals surface area contributed by atoms with Crippen LogP contribution in [0.3, 0.4) is 0 Å². The number of aromatic amines is 1. The Hall–Kier alpha value is -6.36. The molecule has 2 aliphatic carbocycles. The lowest BCUT2D eigenvalue weighted by atomic mass is 9.88. The van der Waals surface area contributed by atoms with Crippen molar-refractivity contribution in [2.24, 2.45) is 0 Å². The first-order chi connectivity index (χ1) is 30.8. The summed E-state index contributed by atoms with van der Waals surface area (Å²) in [5.41, 5.74) is 3.73. The number of fused-ring (bicyclic) bond motifs is 2. The van der Waals surface area contributed by atoms with Gasteiger partial charge in [0.2, 0.25) is 23.0 Å². The number of hydrogen-bond donors (Lipinski definition) is 1. The molecule has 1 N–H and O–H groups in total. The number of halogens is 4. The molecule has 14 nitrogen and oxygen atoms in total. The number of H-pyrrole nitrogens is 1. The quantitative estimate of drug-likeness (QED) is 0.154. The Kier molecular flexibility index (Phi) is 12.7. The van der Waals surface area contributed by atoms with Crippen LogP contribution >= 0.6 is 11.6 Å². The van der Waals surface area contributed by atoms with Crippen LogP contribution in [0.4, 0.5) is 36.2 Å². The maximum absolute atomic E-state index is 13.0. The van der Waals surface area contributed by atoms with Gasteiger partial charge in [-0.2, -0.15) is 23.1 Å². The number of nitrogens with one attached hydrogen (secondary N) is 1. The fraction of sp³-hybridized carbons (Fsp3) is 0.391. The molecule has 0 saturated heterocycles. The van der Waals surface area contributed by atoms with Crippen molar-refractivity contribution < 1.29 is 22.8 Å². The summed E-state index contributed by atoms with van der Waals surface area (Å²) in [6, 6.07) is 13.6. The van der Waals surface area contributed by atoms with Crippen LogP contribution in [0.5, 0.6) is 0 Å². The average molecular weight is 895 g/mol. The third kappa shape index (κ3) is 8.64. The number of benzene rings is 2. The molecule has 6 heterocycles. The maximum atomic E-state index is 13.0. The molecule has 0 bridgehead atoms. The van der Waals surface area contributed by atoms with E-state index in [-0.39, 0.29) is 29.2 Å². The first kappa shape index (κ1) is 44.3. The third-order valence-corrected chi connectivity index (χ3v) is 12.6. The molecule has 18 heteroatoms. The molecule has 334 valence electrons. The lowest BCUT2D eigenvalue weighted by Crippen LogP contribution is -2.57. The van der Waals surface area contributed by atoms with Gasteiger partial charge in [-0.25, -0.2) is 19.9 Å². The predicted molar refractivity (Wildman–Crippen MR) is 241 cm³/mol. The molecular weight excluding hydrogens is 845 g/mol. The van der Waals surface area contributed by atoms with E-state index in [0.717, 1.165) is 85.1 Å². The zero-order valence-corrected chi connectivity index (χ0v) is 37.1. The summed E-state index contributed by atoms with van der Waals surface area (Å²) in [4.78, 5) is 62.4. The van der Waals surface area contributed by atoms with Crippen LogP contribution in [0.1, 0.15) is 76.3 Å². The summed E-state index contributed by atoms with van der Waals surface area (Å²) >= 11 is 5.93. The van der Waals surface area contributed by atoms with Crippen LogP contribution in [0.25, 0.3) is 28.7 Å². The molecule has 2 aliphatic heterocycles. The molecule has 4 aromatic heterocycles. The summed E-state index contributed by atoms with van der Waals surface area (Å²) in [6.45, 7) is 6.18. The molecule has 0 spiro atoms. The van der Waals surface area contributed by atoms with Crippen LogP contribution in [0.2, 0.25) is 5.28 Å². The first-order valence-electron chi connectivity index (χ1n) is 21.6.